The quantitative estimate of drug-likeness (QED) is 0.737. The second-order valence-corrected chi connectivity index (χ2v) is 6.28. The molecule has 7 nitrogen and oxygen atoms in total. The maximum Gasteiger partial charge on any atom is 0.271 e. The van der Waals surface area contributed by atoms with Crippen molar-refractivity contribution in [2.75, 3.05) is 5.32 Å². The topological polar surface area (TPSA) is 89.9 Å². The van der Waals surface area contributed by atoms with Crippen molar-refractivity contribution in [2.45, 2.75) is 20.0 Å². The lowest BCUT2D eigenvalue weighted by Gasteiger charge is -2.02. The van der Waals surface area contributed by atoms with E-state index in [-0.39, 0.29) is 5.91 Å². The van der Waals surface area contributed by atoms with Crippen LogP contribution in [0.1, 0.15) is 27.3 Å². The van der Waals surface area contributed by atoms with E-state index in [0.717, 1.165) is 17.3 Å². The molecule has 3 aromatic rings. The predicted octanol–water partition coefficient (Wildman–Crippen LogP) is 2.78. The lowest BCUT2D eigenvalue weighted by molar-refractivity contribution is 0.102. The Morgan fingerprint density at radius 2 is 2.04 bits per heavy atom. The third-order valence-corrected chi connectivity index (χ3v) is 4.47. The zero-order valence-corrected chi connectivity index (χ0v) is 13.9. The molecule has 0 radical (unpaired) electrons. The Morgan fingerprint density at radius 3 is 2.83 bits per heavy atom. The molecule has 0 aliphatic heterocycles. The molecule has 0 saturated carbocycles. The summed E-state index contributed by atoms with van der Waals surface area (Å²) in [6.07, 6.45) is 0.658. The fourth-order valence-corrected chi connectivity index (χ4v) is 3.08. The third-order valence-electron chi connectivity index (χ3n) is 2.89. The first kappa shape index (κ1) is 15.5. The Kier molecular flexibility index (Phi) is 4.89. The van der Waals surface area contributed by atoms with Gasteiger partial charge in [0, 0.05) is 0 Å². The Balaban J connectivity index is 1.60. The molecule has 0 aliphatic rings. The van der Waals surface area contributed by atoms with Gasteiger partial charge in [-0.3, -0.25) is 10.1 Å². The van der Waals surface area contributed by atoms with Crippen LogP contribution < -0.4 is 10.1 Å². The summed E-state index contributed by atoms with van der Waals surface area (Å²) in [4.78, 5) is 12.7. The summed E-state index contributed by atoms with van der Waals surface area (Å²) in [5.74, 6) is 0.500. The van der Waals surface area contributed by atoms with Gasteiger partial charge < -0.3 is 4.74 Å². The highest BCUT2D eigenvalue weighted by Crippen LogP contribution is 2.20. The van der Waals surface area contributed by atoms with Crippen molar-refractivity contribution in [3.8, 4) is 5.75 Å². The minimum absolute atomic E-state index is 0.261. The van der Waals surface area contributed by atoms with E-state index in [1.807, 2.05) is 37.3 Å². The van der Waals surface area contributed by atoms with Gasteiger partial charge >= 0.3 is 0 Å². The summed E-state index contributed by atoms with van der Waals surface area (Å²) in [6, 6.07) is 9.45. The molecule has 0 spiro atoms. The number of carbonyl (C=O) groups is 1. The number of aromatic nitrogens is 4. The van der Waals surface area contributed by atoms with Gasteiger partial charge in [-0.05, 0) is 30.1 Å². The molecule has 23 heavy (non-hydrogen) atoms. The highest BCUT2D eigenvalue weighted by molar-refractivity contribution is 7.15. The molecule has 118 valence electrons. The maximum absolute atomic E-state index is 12.2. The van der Waals surface area contributed by atoms with E-state index >= 15 is 0 Å². The number of aryl methyl sites for hydroxylation is 1. The van der Waals surface area contributed by atoms with Crippen LogP contribution in [0, 0.1) is 0 Å². The van der Waals surface area contributed by atoms with Gasteiger partial charge in [0.15, 0.2) is 5.01 Å². The highest BCUT2D eigenvalue weighted by Gasteiger charge is 2.17. The van der Waals surface area contributed by atoms with Crippen LogP contribution in [-0.2, 0) is 13.0 Å². The number of nitrogens with one attached hydrogen (secondary N) is 1. The van der Waals surface area contributed by atoms with Crippen molar-refractivity contribution in [3.63, 3.8) is 0 Å². The Bertz CT molecular complexity index is 787. The second-order valence-electron chi connectivity index (χ2n) is 4.46. The largest absolute Gasteiger partial charge is 0.486 e. The summed E-state index contributed by atoms with van der Waals surface area (Å²) in [7, 11) is 0. The van der Waals surface area contributed by atoms with Crippen molar-refractivity contribution in [1.82, 2.24) is 19.8 Å². The Hall–Kier alpha value is -2.39. The van der Waals surface area contributed by atoms with Crippen LogP contribution in [0.5, 0.6) is 5.75 Å². The lowest BCUT2D eigenvalue weighted by Crippen LogP contribution is -2.12. The number of amides is 1. The van der Waals surface area contributed by atoms with Gasteiger partial charge in [0.25, 0.3) is 5.91 Å². The van der Waals surface area contributed by atoms with Crippen molar-refractivity contribution >= 4 is 33.9 Å². The number of hydrogen-bond donors (Lipinski definition) is 1. The summed E-state index contributed by atoms with van der Waals surface area (Å²) < 4.78 is 9.40. The molecule has 0 bridgehead atoms. The van der Waals surface area contributed by atoms with Crippen LogP contribution in [0.15, 0.2) is 30.3 Å². The minimum atomic E-state index is -0.261. The van der Waals surface area contributed by atoms with E-state index in [9.17, 15) is 4.79 Å². The fraction of sp³-hybridized carbons (Fsp3) is 0.214. The molecule has 1 amide bonds. The van der Waals surface area contributed by atoms with Gasteiger partial charge in [0.2, 0.25) is 5.13 Å². The molecule has 3 rings (SSSR count). The van der Waals surface area contributed by atoms with E-state index in [1.54, 1.807) is 0 Å². The van der Waals surface area contributed by atoms with Crippen molar-refractivity contribution in [3.05, 3.63) is 45.9 Å². The maximum atomic E-state index is 12.2. The van der Waals surface area contributed by atoms with Crippen LogP contribution in [0.25, 0.3) is 0 Å². The molecule has 0 saturated heterocycles. The first-order valence-electron chi connectivity index (χ1n) is 6.89. The van der Waals surface area contributed by atoms with Crippen LogP contribution in [0.3, 0.4) is 0 Å². The first-order valence-corrected chi connectivity index (χ1v) is 8.48. The van der Waals surface area contributed by atoms with E-state index in [0.29, 0.717) is 33.7 Å². The molecular formula is C14H13N5O2S2. The summed E-state index contributed by atoms with van der Waals surface area (Å²) in [5, 5.41) is 15.7. The minimum Gasteiger partial charge on any atom is -0.486 e. The van der Waals surface area contributed by atoms with Gasteiger partial charge in [-0.2, -0.15) is 0 Å². The summed E-state index contributed by atoms with van der Waals surface area (Å²) >= 11 is 2.35. The number of rotatable bonds is 6. The summed E-state index contributed by atoms with van der Waals surface area (Å²) in [6.45, 7) is 2.23. The highest BCUT2D eigenvalue weighted by atomic mass is 32.1. The molecule has 2 heterocycles. The molecule has 0 fully saturated rings. The van der Waals surface area contributed by atoms with Crippen LogP contribution in [0.4, 0.5) is 5.13 Å². The average molecular weight is 347 g/mol. The average Bonchev–Trinajstić information content (AvgIpc) is 3.22. The molecule has 1 N–H and O–H groups in total. The molecule has 0 aliphatic carbocycles. The molecule has 1 aromatic carbocycles. The smallest absolute Gasteiger partial charge is 0.271 e. The monoisotopic (exact) mass is 347 g/mol. The second kappa shape index (κ2) is 7.25. The SMILES string of the molecule is CCc1nnsc1C(=O)Nc1nnc(COc2ccccc2)s1. The van der Waals surface area contributed by atoms with Gasteiger partial charge in [-0.25, -0.2) is 0 Å². The number of carbonyl (C=O) groups excluding carboxylic acids is 1. The predicted molar refractivity (Wildman–Crippen MR) is 87.9 cm³/mol. The number of hydrogen-bond acceptors (Lipinski definition) is 8. The van der Waals surface area contributed by atoms with Crippen LogP contribution in [-0.4, -0.2) is 25.7 Å². The van der Waals surface area contributed by atoms with E-state index < -0.39 is 0 Å². The molecular weight excluding hydrogens is 334 g/mol. The standard InChI is InChI=1S/C14H13N5O2S2/c1-2-10-12(23-19-16-10)13(20)15-14-18-17-11(22-14)8-21-9-6-4-3-5-7-9/h3-7H,2,8H2,1H3,(H,15,18,20). The fourth-order valence-electron chi connectivity index (χ4n) is 1.79. The van der Waals surface area contributed by atoms with Gasteiger partial charge in [-0.1, -0.05) is 40.9 Å². The molecule has 0 atom stereocenters. The van der Waals surface area contributed by atoms with Crippen molar-refractivity contribution < 1.29 is 9.53 Å². The number of para-hydroxylation sites is 1. The van der Waals surface area contributed by atoms with Crippen molar-refractivity contribution in [1.29, 1.82) is 0 Å². The van der Waals surface area contributed by atoms with E-state index in [2.05, 4.69) is 25.1 Å². The van der Waals surface area contributed by atoms with E-state index in [4.69, 9.17) is 4.74 Å². The van der Waals surface area contributed by atoms with Crippen LogP contribution >= 0.6 is 22.9 Å². The Morgan fingerprint density at radius 1 is 1.22 bits per heavy atom. The van der Waals surface area contributed by atoms with Gasteiger partial charge in [0.05, 0.1) is 5.69 Å². The number of benzene rings is 1. The lowest BCUT2D eigenvalue weighted by atomic mass is 10.3. The van der Waals surface area contributed by atoms with E-state index in [1.165, 1.54) is 11.3 Å². The molecule has 9 heteroatoms. The molecule has 0 unspecified atom stereocenters. The zero-order valence-electron chi connectivity index (χ0n) is 12.2. The number of anilines is 1. The third kappa shape index (κ3) is 3.88. The summed E-state index contributed by atoms with van der Waals surface area (Å²) in [5.41, 5.74) is 0.685. The van der Waals surface area contributed by atoms with Crippen LogP contribution in [0.2, 0.25) is 0 Å². The first-order chi connectivity index (χ1) is 11.3. The molecule has 2 aromatic heterocycles. The van der Waals surface area contributed by atoms with Crippen molar-refractivity contribution in [2.24, 2.45) is 0 Å². The normalized spacial score (nSPS) is 10.5. The van der Waals surface area contributed by atoms with Gasteiger partial charge in [-0.15, -0.1) is 15.3 Å². The Labute approximate surface area is 140 Å². The number of nitrogens with zero attached hydrogens (tertiary/aromatic N) is 4. The number of ether oxygens (including phenoxy) is 1. The van der Waals surface area contributed by atoms with Gasteiger partial charge in [0.1, 0.15) is 17.2 Å². The zero-order chi connectivity index (χ0) is 16.1.